The summed E-state index contributed by atoms with van der Waals surface area (Å²) in [6.07, 6.45) is 2.38. The smallest absolute Gasteiger partial charge is 0.252 e. The van der Waals surface area contributed by atoms with Crippen molar-refractivity contribution in [2.45, 2.75) is 13.3 Å². The van der Waals surface area contributed by atoms with Gasteiger partial charge in [-0.1, -0.05) is 53.6 Å². The summed E-state index contributed by atoms with van der Waals surface area (Å²) in [4.78, 5) is 16.6. The number of rotatable bonds is 5. The van der Waals surface area contributed by atoms with Crippen molar-refractivity contribution in [3.05, 3.63) is 88.6 Å². The van der Waals surface area contributed by atoms with Crippen LogP contribution in [0.15, 0.2) is 66.9 Å². The highest BCUT2D eigenvalue weighted by molar-refractivity contribution is 6.30. The molecule has 0 radical (unpaired) electrons. The molecule has 0 bridgehead atoms. The number of carbonyl (C=O) groups excluding carboxylic acids is 1. The van der Waals surface area contributed by atoms with Gasteiger partial charge in [0.2, 0.25) is 0 Å². The minimum Gasteiger partial charge on any atom is -0.352 e. The second kappa shape index (κ2) is 7.95. The summed E-state index contributed by atoms with van der Waals surface area (Å²) in [6.45, 7) is 2.62. The highest BCUT2D eigenvalue weighted by Crippen LogP contribution is 2.17. The Bertz CT molecular complexity index is 841. The van der Waals surface area contributed by atoms with E-state index < -0.39 is 0 Å². The fraction of sp³-hybridized carbons (Fsp3) is 0.143. The van der Waals surface area contributed by atoms with E-state index in [-0.39, 0.29) is 5.91 Å². The Balaban J connectivity index is 1.57. The molecule has 1 heterocycles. The number of halogens is 1. The molecule has 1 aromatic heterocycles. The lowest BCUT2D eigenvalue weighted by atomic mass is 10.1. The molecule has 3 aromatic rings. The van der Waals surface area contributed by atoms with Crippen molar-refractivity contribution in [3.63, 3.8) is 0 Å². The number of nitrogens with zero attached hydrogens (tertiary/aromatic N) is 1. The van der Waals surface area contributed by atoms with E-state index in [9.17, 15) is 4.79 Å². The molecule has 4 heteroatoms. The molecule has 0 aliphatic heterocycles. The summed E-state index contributed by atoms with van der Waals surface area (Å²) in [5.41, 5.74) is 4.81. The molecule has 0 aliphatic rings. The molecule has 0 fully saturated rings. The van der Waals surface area contributed by atoms with Gasteiger partial charge >= 0.3 is 0 Å². The van der Waals surface area contributed by atoms with E-state index in [1.165, 1.54) is 5.56 Å². The second-order valence-electron chi connectivity index (χ2n) is 5.93. The molecule has 1 amide bonds. The van der Waals surface area contributed by atoms with Crippen LogP contribution in [0.5, 0.6) is 0 Å². The van der Waals surface area contributed by atoms with Crippen molar-refractivity contribution in [3.8, 4) is 11.3 Å². The Labute approximate surface area is 152 Å². The number of benzene rings is 2. The first-order chi connectivity index (χ1) is 12.1. The van der Waals surface area contributed by atoms with Crippen molar-refractivity contribution < 1.29 is 4.79 Å². The summed E-state index contributed by atoms with van der Waals surface area (Å²) in [6, 6.07) is 19.5. The summed E-state index contributed by atoms with van der Waals surface area (Å²) in [5, 5.41) is 3.63. The van der Waals surface area contributed by atoms with E-state index in [1.807, 2.05) is 54.6 Å². The van der Waals surface area contributed by atoms with Crippen molar-refractivity contribution in [1.29, 1.82) is 0 Å². The van der Waals surface area contributed by atoms with Crippen LogP contribution in [-0.2, 0) is 6.42 Å². The Morgan fingerprint density at radius 3 is 2.36 bits per heavy atom. The van der Waals surface area contributed by atoms with Crippen LogP contribution < -0.4 is 5.32 Å². The van der Waals surface area contributed by atoms with Gasteiger partial charge in [0.15, 0.2) is 0 Å². The Kier molecular flexibility index (Phi) is 5.46. The maximum atomic E-state index is 12.2. The molecule has 25 heavy (non-hydrogen) atoms. The van der Waals surface area contributed by atoms with E-state index in [2.05, 4.69) is 17.2 Å². The number of hydrogen-bond donors (Lipinski definition) is 1. The third kappa shape index (κ3) is 4.68. The van der Waals surface area contributed by atoms with Crippen LogP contribution in [0.4, 0.5) is 0 Å². The van der Waals surface area contributed by atoms with Crippen molar-refractivity contribution in [1.82, 2.24) is 10.3 Å². The molecular formula is C21H19ClN2O. The van der Waals surface area contributed by atoms with Crippen molar-refractivity contribution in [2.75, 3.05) is 6.54 Å². The molecule has 126 valence electrons. The van der Waals surface area contributed by atoms with Crippen LogP contribution in [0.1, 0.15) is 21.5 Å². The monoisotopic (exact) mass is 350 g/mol. The molecule has 0 atom stereocenters. The third-order valence-corrected chi connectivity index (χ3v) is 4.24. The zero-order valence-electron chi connectivity index (χ0n) is 14.0. The van der Waals surface area contributed by atoms with Gasteiger partial charge in [0.05, 0.1) is 11.3 Å². The first-order valence-corrected chi connectivity index (χ1v) is 8.55. The predicted octanol–water partition coefficient (Wildman–Crippen LogP) is 4.68. The van der Waals surface area contributed by atoms with Gasteiger partial charge in [0.1, 0.15) is 0 Å². The lowest BCUT2D eigenvalue weighted by molar-refractivity contribution is 0.0954. The van der Waals surface area contributed by atoms with Crippen LogP contribution in [-0.4, -0.2) is 17.4 Å². The van der Waals surface area contributed by atoms with Crippen molar-refractivity contribution >= 4 is 17.5 Å². The Hall–Kier alpha value is -2.65. The minimum absolute atomic E-state index is 0.114. The fourth-order valence-electron chi connectivity index (χ4n) is 2.50. The molecule has 1 N–H and O–H groups in total. The Morgan fingerprint density at radius 2 is 1.72 bits per heavy atom. The summed E-state index contributed by atoms with van der Waals surface area (Å²) >= 11 is 5.86. The van der Waals surface area contributed by atoms with Gasteiger partial charge in [0.25, 0.3) is 5.91 Å². The molecule has 3 rings (SSSR count). The van der Waals surface area contributed by atoms with Gasteiger partial charge in [-0.3, -0.25) is 9.78 Å². The first kappa shape index (κ1) is 17.2. The van der Waals surface area contributed by atoms with Crippen LogP contribution in [0.3, 0.4) is 0 Å². The zero-order valence-corrected chi connectivity index (χ0v) is 14.8. The quantitative estimate of drug-likeness (QED) is 0.725. The average Bonchev–Trinajstić information content (AvgIpc) is 2.64. The highest BCUT2D eigenvalue weighted by atomic mass is 35.5. The number of carbonyl (C=O) groups is 1. The molecule has 0 saturated carbocycles. The van der Waals surface area contributed by atoms with E-state index in [0.717, 1.165) is 23.2 Å². The summed E-state index contributed by atoms with van der Waals surface area (Å²) in [7, 11) is 0. The normalized spacial score (nSPS) is 10.5. The first-order valence-electron chi connectivity index (χ1n) is 8.17. The molecule has 0 aliphatic carbocycles. The lowest BCUT2D eigenvalue weighted by Crippen LogP contribution is -2.25. The highest BCUT2D eigenvalue weighted by Gasteiger charge is 2.06. The zero-order chi connectivity index (χ0) is 17.6. The molecule has 2 aromatic carbocycles. The van der Waals surface area contributed by atoms with Gasteiger partial charge in [-0.2, -0.15) is 0 Å². The van der Waals surface area contributed by atoms with E-state index in [1.54, 1.807) is 12.3 Å². The second-order valence-corrected chi connectivity index (χ2v) is 6.37. The van der Waals surface area contributed by atoms with Crippen LogP contribution in [0.25, 0.3) is 11.3 Å². The maximum absolute atomic E-state index is 12.2. The molecule has 0 spiro atoms. The topological polar surface area (TPSA) is 42.0 Å². The molecule has 0 unspecified atom stereocenters. The number of amides is 1. The van der Waals surface area contributed by atoms with E-state index in [4.69, 9.17) is 11.6 Å². The summed E-state index contributed by atoms with van der Waals surface area (Å²) < 4.78 is 0. The number of pyridine rings is 1. The predicted molar refractivity (Wildman–Crippen MR) is 102 cm³/mol. The van der Waals surface area contributed by atoms with Gasteiger partial charge in [-0.05, 0) is 43.2 Å². The van der Waals surface area contributed by atoms with Gasteiger partial charge < -0.3 is 5.32 Å². The average molecular weight is 351 g/mol. The van der Waals surface area contributed by atoms with E-state index in [0.29, 0.717) is 17.1 Å². The molecule has 0 saturated heterocycles. The third-order valence-electron chi connectivity index (χ3n) is 3.99. The number of aromatic nitrogens is 1. The maximum Gasteiger partial charge on any atom is 0.252 e. The van der Waals surface area contributed by atoms with Crippen molar-refractivity contribution in [2.24, 2.45) is 0 Å². The molecule has 3 nitrogen and oxygen atoms in total. The van der Waals surface area contributed by atoms with Crippen LogP contribution >= 0.6 is 11.6 Å². The number of aryl methyl sites for hydroxylation is 1. The SMILES string of the molecule is Cc1ccc(-c2ccc(C(=O)NCCc3ccc(Cl)cc3)cn2)cc1. The number of nitrogens with one attached hydrogen (secondary N) is 1. The fourth-order valence-corrected chi connectivity index (χ4v) is 2.62. The summed E-state index contributed by atoms with van der Waals surface area (Å²) in [5.74, 6) is -0.114. The van der Waals surface area contributed by atoms with Crippen LogP contribution in [0.2, 0.25) is 5.02 Å². The number of hydrogen-bond acceptors (Lipinski definition) is 2. The van der Waals surface area contributed by atoms with Gasteiger partial charge in [-0.15, -0.1) is 0 Å². The standard InChI is InChI=1S/C21H19ClN2O/c1-15-2-6-17(7-3-15)20-11-8-18(14-24-20)21(25)23-13-12-16-4-9-19(22)10-5-16/h2-11,14H,12-13H2,1H3,(H,23,25). The lowest BCUT2D eigenvalue weighted by Gasteiger charge is -2.07. The molecular weight excluding hydrogens is 332 g/mol. The largest absolute Gasteiger partial charge is 0.352 e. The van der Waals surface area contributed by atoms with Crippen LogP contribution in [0, 0.1) is 6.92 Å². The van der Waals surface area contributed by atoms with Gasteiger partial charge in [0, 0.05) is 23.3 Å². The van der Waals surface area contributed by atoms with Gasteiger partial charge in [-0.25, -0.2) is 0 Å². The van der Waals surface area contributed by atoms with E-state index >= 15 is 0 Å². The Morgan fingerprint density at radius 1 is 1.00 bits per heavy atom. The minimum atomic E-state index is -0.114.